The fraction of sp³-hybridized carbons (Fsp3) is 0.750. The average Bonchev–Trinajstić information content (AvgIpc) is 2.90. The summed E-state index contributed by atoms with van der Waals surface area (Å²) in [6, 6.07) is 0.212. The zero-order valence-corrected chi connectivity index (χ0v) is 14.1. The Bertz CT molecular complexity index is 467. The fourth-order valence-electron chi connectivity index (χ4n) is 2.82. The predicted octanol–water partition coefficient (Wildman–Crippen LogP) is 2.63. The molecule has 1 saturated heterocycles. The predicted molar refractivity (Wildman–Crippen MR) is 85.5 cm³/mol. The van der Waals surface area contributed by atoms with Gasteiger partial charge in [0.15, 0.2) is 0 Å². The molecule has 0 aromatic carbocycles. The molecule has 1 aromatic rings. The second-order valence-electron chi connectivity index (χ2n) is 7.06. The van der Waals surface area contributed by atoms with Gasteiger partial charge in [0.05, 0.1) is 6.54 Å². The van der Waals surface area contributed by atoms with Crippen molar-refractivity contribution in [3.05, 3.63) is 18.2 Å². The lowest BCUT2D eigenvalue weighted by atomic mass is 10.0. The van der Waals surface area contributed by atoms with Crippen LogP contribution in [0.5, 0.6) is 0 Å². The molecule has 1 amide bonds. The maximum atomic E-state index is 12.4. The maximum absolute atomic E-state index is 12.4. The van der Waals surface area contributed by atoms with E-state index in [2.05, 4.69) is 21.9 Å². The van der Waals surface area contributed by atoms with Gasteiger partial charge in [0.1, 0.15) is 11.4 Å². The van der Waals surface area contributed by atoms with Crippen LogP contribution in [0.4, 0.5) is 4.79 Å². The summed E-state index contributed by atoms with van der Waals surface area (Å²) in [6.07, 6.45) is 6.65. The van der Waals surface area contributed by atoms with E-state index in [0.717, 1.165) is 38.3 Å². The molecule has 2 heterocycles. The van der Waals surface area contributed by atoms with Crippen LogP contribution in [0.2, 0.25) is 0 Å². The summed E-state index contributed by atoms with van der Waals surface area (Å²) in [6.45, 7) is 8.10. The highest BCUT2D eigenvalue weighted by molar-refractivity contribution is 5.68. The van der Waals surface area contributed by atoms with Crippen LogP contribution in [-0.2, 0) is 11.3 Å². The number of likely N-dealkylation sites (N-methyl/N-ethyl adjacent to an activating group) is 1. The number of carbonyl (C=O) groups excluding carboxylic acids is 1. The van der Waals surface area contributed by atoms with Crippen molar-refractivity contribution >= 4 is 6.09 Å². The van der Waals surface area contributed by atoms with Gasteiger partial charge in [-0.15, -0.1) is 0 Å². The number of rotatable bonds is 4. The quantitative estimate of drug-likeness (QED) is 0.929. The van der Waals surface area contributed by atoms with Crippen LogP contribution in [0.15, 0.2) is 12.4 Å². The summed E-state index contributed by atoms with van der Waals surface area (Å²) in [5.41, 5.74) is -0.445. The molecule has 1 unspecified atom stereocenters. The molecule has 1 aliphatic rings. The Morgan fingerprint density at radius 2 is 2.27 bits per heavy atom. The van der Waals surface area contributed by atoms with E-state index in [1.807, 2.05) is 31.9 Å². The van der Waals surface area contributed by atoms with E-state index in [9.17, 15) is 4.79 Å². The summed E-state index contributed by atoms with van der Waals surface area (Å²) in [5, 5.41) is 0. The van der Waals surface area contributed by atoms with Gasteiger partial charge in [0.2, 0.25) is 0 Å². The minimum atomic E-state index is -0.445. The minimum Gasteiger partial charge on any atom is -0.444 e. The van der Waals surface area contributed by atoms with Gasteiger partial charge in [0, 0.05) is 31.5 Å². The van der Waals surface area contributed by atoms with Gasteiger partial charge in [-0.3, -0.25) is 4.90 Å². The highest BCUT2D eigenvalue weighted by Crippen LogP contribution is 2.21. The van der Waals surface area contributed by atoms with Crippen molar-refractivity contribution in [2.45, 2.75) is 58.2 Å². The van der Waals surface area contributed by atoms with Gasteiger partial charge in [-0.1, -0.05) is 0 Å². The Morgan fingerprint density at radius 1 is 1.50 bits per heavy atom. The van der Waals surface area contributed by atoms with Crippen LogP contribution in [0.1, 0.15) is 45.9 Å². The van der Waals surface area contributed by atoms with E-state index < -0.39 is 5.60 Å². The number of carbonyl (C=O) groups is 1. The van der Waals surface area contributed by atoms with E-state index in [0.29, 0.717) is 0 Å². The number of aromatic amines is 1. The summed E-state index contributed by atoms with van der Waals surface area (Å²) in [4.78, 5) is 23.8. The van der Waals surface area contributed by atoms with Crippen LogP contribution in [0.3, 0.4) is 0 Å². The van der Waals surface area contributed by atoms with E-state index in [1.165, 1.54) is 6.42 Å². The first-order valence-corrected chi connectivity index (χ1v) is 8.01. The molecule has 124 valence electrons. The number of amides is 1. The smallest absolute Gasteiger partial charge is 0.410 e. The van der Waals surface area contributed by atoms with Gasteiger partial charge in [-0.25, -0.2) is 9.78 Å². The lowest BCUT2D eigenvalue weighted by molar-refractivity contribution is 0.00580. The number of hydrogen-bond acceptors (Lipinski definition) is 4. The Hall–Kier alpha value is -1.56. The van der Waals surface area contributed by atoms with Gasteiger partial charge in [0.25, 0.3) is 0 Å². The van der Waals surface area contributed by atoms with E-state index in [1.54, 1.807) is 6.20 Å². The van der Waals surface area contributed by atoms with Crippen molar-refractivity contribution in [1.82, 2.24) is 19.8 Å². The molecule has 0 aliphatic carbocycles. The van der Waals surface area contributed by atoms with E-state index >= 15 is 0 Å². The zero-order chi connectivity index (χ0) is 16.2. The second-order valence-corrected chi connectivity index (χ2v) is 7.06. The van der Waals surface area contributed by atoms with Crippen LogP contribution < -0.4 is 0 Å². The third-order valence-electron chi connectivity index (χ3n) is 3.75. The number of ether oxygens (including phenoxy) is 1. The molecule has 0 radical (unpaired) electrons. The van der Waals surface area contributed by atoms with E-state index in [4.69, 9.17) is 4.74 Å². The van der Waals surface area contributed by atoms with E-state index in [-0.39, 0.29) is 12.1 Å². The molecule has 6 nitrogen and oxygen atoms in total. The highest BCUT2D eigenvalue weighted by atomic mass is 16.6. The molecular weight excluding hydrogens is 280 g/mol. The number of imidazole rings is 1. The van der Waals surface area contributed by atoms with Crippen LogP contribution >= 0.6 is 0 Å². The minimum absolute atomic E-state index is 0.191. The molecule has 1 aromatic heterocycles. The number of nitrogens with zero attached hydrogens (tertiary/aromatic N) is 3. The number of piperidine rings is 1. The number of likely N-dealkylation sites (tertiary alicyclic amines) is 1. The van der Waals surface area contributed by atoms with Crippen molar-refractivity contribution < 1.29 is 9.53 Å². The molecule has 1 fully saturated rings. The van der Waals surface area contributed by atoms with Crippen molar-refractivity contribution in [3.8, 4) is 0 Å². The first-order chi connectivity index (χ1) is 10.3. The van der Waals surface area contributed by atoms with Gasteiger partial charge in [-0.2, -0.15) is 0 Å². The Balaban J connectivity index is 1.92. The Labute approximate surface area is 132 Å². The van der Waals surface area contributed by atoms with Crippen molar-refractivity contribution in [2.75, 3.05) is 20.1 Å². The van der Waals surface area contributed by atoms with Gasteiger partial charge in [-0.05, 0) is 47.1 Å². The molecule has 1 atom stereocenters. The number of H-pyrrole nitrogens is 1. The molecule has 22 heavy (non-hydrogen) atoms. The van der Waals surface area contributed by atoms with Gasteiger partial charge >= 0.3 is 6.09 Å². The largest absolute Gasteiger partial charge is 0.444 e. The molecule has 0 bridgehead atoms. The number of nitrogens with one attached hydrogen (secondary N) is 1. The zero-order valence-electron chi connectivity index (χ0n) is 14.1. The van der Waals surface area contributed by atoms with Gasteiger partial charge < -0.3 is 14.6 Å². The van der Waals surface area contributed by atoms with Crippen molar-refractivity contribution in [3.63, 3.8) is 0 Å². The standard InChI is InChI=1S/C16H28N4O2/c1-16(2,3)22-15(21)20-10-6-5-7-13(20)11-19(4)12-14-17-8-9-18-14/h8-9,13H,5-7,10-12H2,1-4H3,(H,17,18). The first kappa shape index (κ1) is 16.8. The molecule has 1 N–H and O–H groups in total. The SMILES string of the molecule is CN(Cc1ncc[nH]1)CC1CCCCN1C(=O)OC(C)(C)C. The van der Waals surface area contributed by atoms with Crippen molar-refractivity contribution in [2.24, 2.45) is 0 Å². The van der Waals surface area contributed by atoms with Crippen LogP contribution in [0, 0.1) is 0 Å². The monoisotopic (exact) mass is 308 g/mol. The summed E-state index contributed by atoms with van der Waals surface area (Å²) < 4.78 is 5.54. The number of hydrogen-bond donors (Lipinski definition) is 1. The Kier molecular flexibility index (Phi) is 5.45. The number of aromatic nitrogens is 2. The average molecular weight is 308 g/mol. The normalized spacial score (nSPS) is 19.5. The third kappa shape index (κ3) is 5.02. The molecule has 1 aliphatic heterocycles. The second kappa shape index (κ2) is 7.13. The molecule has 0 saturated carbocycles. The molecular formula is C16H28N4O2. The van der Waals surface area contributed by atoms with Crippen LogP contribution in [-0.4, -0.2) is 57.6 Å². The highest BCUT2D eigenvalue weighted by Gasteiger charge is 2.31. The summed E-state index contributed by atoms with van der Waals surface area (Å²) in [7, 11) is 2.06. The summed E-state index contributed by atoms with van der Waals surface area (Å²) in [5.74, 6) is 0.946. The lowest BCUT2D eigenvalue weighted by Crippen LogP contribution is -2.50. The summed E-state index contributed by atoms with van der Waals surface area (Å²) >= 11 is 0. The third-order valence-corrected chi connectivity index (χ3v) is 3.75. The molecule has 0 spiro atoms. The van der Waals surface area contributed by atoms with Crippen molar-refractivity contribution in [1.29, 1.82) is 0 Å². The lowest BCUT2D eigenvalue weighted by Gasteiger charge is -2.38. The Morgan fingerprint density at radius 3 is 2.91 bits per heavy atom. The fourth-order valence-corrected chi connectivity index (χ4v) is 2.82. The topological polar surface area (TPSA) is 61.5 Å². The molecule has 6 heteroatoms. The molecule has 2 rings (SSSR count). The first-order valence-electron chi connectivity index (χ1n) is 8.01. The maximum Gasteiger partial charge on any atom is 0.410 e. The van der Waals surface area contributed by atoms with Crippen LogP contribution in [0.25, 0.3) is 0 Å².